The van der Waals surface area contributed by atoms with Crippen molar-refractivity contribution >= 4 is 11.9 Å². The van der Waals surface area contributed by atoms with E-state index in [0.717, 1.165) is 32.5 Å². The highest BCUT2D eigenvalue weighted by Crippen LogP contribution is 2.32. The van der Waals surface area contributed by atoms with Crippen LogP contribution in [0.3, 0.4) is 0 Å². The molecule has 0 aromatic rings. The number of carbonyl (C=O) groups is 2. The van der Waals surface area contributed by atoms with Crippen molar-refractivity contribution in [2.75, 3.05) is 46.6 Å². The van der Waals surface area contributed by atoms with Crippen LogP contribution in [0.25, 0.3) is 0 Å². The maximum absolute atomic E-state index is 12.3. The van der Waals surface area contributed by atoms with Gasteiger partial charge in [0.1, 0.15) is 13.2 Å². The van der Waals surface area contributed by atoms with Crippen molar-refractivity contribution in [3.05, 3.63) is 0 Å². The van der Waals surface area contributed by atoms with Crippen LogP contribution >= 0.6 is 0 Å². The molecule has 6 heteroatoms. The lowest BCUT2D eigenvalue weighted by Gasteiger charge is -2.28. The van der Waals surface area contributed by atoms with Crippen molar-refractivity contribution in [3.8, 4) is 0 Å². The highest BCUT2D eigenvalue weighted by atomic mass is 16.6. The van der Waals surface area contributed by atoms with Crippen molar-refractivity contribution in [2.24, 2.45) is 11.8 Å². The second kappa shape index (κ2) is 9.88. The van der Waals surface area contributed by atoms with E-state index in [1.54, 1.807) is 7.11 Å². The van der Waals surface area contributed by atoms with E-state index in [2.05, 4.69) is 4.90 Å². The quantitative estimate of drug-likeness (QED) is 0.499. The fourth-order valence-corrected chi connectivity index (χ4v) is 3.42. The second-order valence-corrected chi connectivity index (χ2v) is 6.37. The molecule has 2 aliphatic rings. The molecule has 6 nitrogen and oxygen atoms in total. The van der Waals surface area contributed by atoms with Crippen molar-refractivity contribution in [2.45, 2.75) is 38.5 Å². The topological polar surface area (TPSA) is 65.1 Å². The molecule has 1 aliphatic carbocycles. The molecule has 0 spiro atoms. The fraction of sp³-hybridized carbons (Fsp3) is 0.882. The van der Waals surface area contributed by atoms with Crippen LogP contribution in [0.4, 0.5) is 0 Å². The molecule has 0 amide bonds. The van der Waals surface area contributed by atoms with Gasteiger partial charge in [0.05, 0.1) is 18.4 Å². The van der Waals surface area contributed by atoms with Crippen LogP contribution in [0.1, 0.15) is 38.5 Å². The smallest absolute Gasteiger partial charge is 0.309 e. The molecule has 0 aromatic heterocycles. The van der Waals surface area contributed by atoms with Gasteiger partial charge in [-0.05, 0) is 38.8 Å². The van der Waals surface area contributed by atoms with Crippen LogP contribution in [-0.4, -0.2) is 63.4 Å². The third-order valence-corrected chi connectivity index (χ3v) is 4.75. The summed E-state index contributed by atoms with van der Waals surface area (Å²) in [5, 5.41) is 0. The average molecular weight is 327 g/mol. The van der Waals surface area contributed by atoms with E-state index < -0.39 is 0 Å². The Morgan fingerprint density at radius 3 is 2.00 bits per heavy atom. The Morgan fingerprint density at radius 2 is 1.43 bits per heavy atom. The minimum absolute atomic E-state index is 0.238. The van der Waals surface area contributed by atoms with Crippen LogP contribution in [0, 0.1) is 11.8 Å². The van der Waals surface area contributed by atoms with Gasteiger partial charge in [0.15, 0.2) is 0 Å². The molecule has 2 atom stereocenters. The summed E-state index contributed by atoms with van der Waals surface area (Å²) in [7, 11) is 1.56. The number of rotatable bonds is 8. The lowest BCUT2D eigenvalue weighted by atomic mass is 9.79. The first-order valence-corrected chi connectivity index (χ1v) is 8.77. The first kappa shape index (κ1) is 18.2. The van der Waals surface area contributed by atoms with Gasteiger partial charge in [-0.2, -0.15) is 0 Å². The molecule has 0 bridgehead atoms. The monoisotopic (exact) mass is 327 g/mol. The molecule has 1 aliphatic heterocycles. The van der Waals surface area contributed by atoms with Crippen molar-refractivity contribution in [1.29, 1.82) is 0 Å². The van der Waals surface area contributed by atoms with Gasteiger partial charge < -0.3 is 14.2 Å². The lowest BCUT2D eigenvalue weighted by molar-refractivity contribution is -0.163. The normalized spacial score (nSPS) is 25.3. The predicted molar refractivity (Wildman–Crippen MR) is 84.9 cm³/mol. The van der Waals surface area contributed by atoms with Gasteiger partial charge in [0.2, 0.25) is 0 Å². The Kier molecular flexibility index (Phi) is 7.82. The van der Waals surface area contributed by atoms with Crippen molar-refractivity contribution < 1.29 is 23.8 Å². The Labute approximate surface area is 138 Å². The van der Waals surface area contributed by atoms with Gasteiger partial charge in [-0.1, -0.05) is 12.8 Å². The maximum atomic E-state index is 12.3. The third kappa shape index (κ3) is 5.77. The lowest BCUT2D eigenvalue weighted by Crippen LogP contribution is -2.36. The molecule has 1 heterocycles. The van der Waals surface area contributed by atoms with Gasteiger partial charge >= 0.3 is 11.9 Å². The minimum atomic E-state index is -0.361. The molecule has 0 radical (unpaired) electrons. The number of methoxy groups -OCH3 is 1. The number of hydrogen-bond acceptors (Lipinski definition) is 6. The van der Waals surface area contributed by atoms with E-state index in [-0.39, 0.29) is 30.4 Å². The zero-order valence-corrected chi connectivity index (χ0v) is 14.1. The van der Waals surface area contributed by atoms with E-state index in [1.807, 2.05) is 0 Å². The number of hydrogen-bond donors (Lipinski definition) is 0. The van der Waals surface area contributed by atoms with E-state index in [0.29, 0.717) is 26.1 Å². The number of ether oxygens (including phenoxy) is 3. The van der Waals surface area contributed by atoms with Crippen LogP contribution in [0.2, 0.25) is 0 Å². The summed E-state index contributed by atoms with van der Waals surface area (Å²) >= 11 is 0. The SMILES string of the molecule is COCCOC(=O)C1CCCCC1C(=O)OCCN1CCCC1. The van der Waals surface area contributed by atoms with E-state index in [9.17, 15) is 9.59 Å². The number of carbonyl (C=O) groups excluding carboxylic acids is 2. The van der Waals surface area contributed by atoms with Crippen LogP contribution < -0.4 is 0 Å². The van der Waals surface area contributed by atoms with E-state index >= 15 is 0 Å². The first-order valence-electron chi connectivity index (χ1n) is 8.77. The molecule has 1 saturated heterocycles. The summed E-state index contributed by atoms with van der Waals surface area (Å²) in [6.45, 7) is 4.01. The van der Waals surface area contributed by atoms with Gasteiger partial charge in [-0.25, -0.2) is 0 Å². The largest absolute Gasteiger partial charge is 0.464 e. The van der Waals surface area contributed by atoms with Crippen molar-refractivity contribution in [3.63, 3.8) is 0 Å². The Bertz CT molecular complexity index is 381. The molecule has 2 fully saturated rings. The second-order valence-electron chi connectivity index (χ2n) is 6.37. The molecule has 132 valence electrons. The number of esters is 2. The Balaban J connectivity index is 1.76. The van der Waals surface area contributed by atoms with Gasteiger partial charge in [0, 0.05) is 13.7 Å². The first-order chi connectivity index (χ1) is 11.2. The summed E-state index contributed by atoms with van der Waals surface area (Å²) in [6, 6.07) is 0. The van der Waals surface area contributed by atoms with Gasteiger partial charge in [0.25, 0.3) is 0 Å². The molecule has 1 saturated carbocycles. The Hall–Kier alpha value is -1.14. The molecule has 2 rings (SSSR count). The standard InChI is InChI=1S/C17H29NO5/c1-21-12-13-23-17(20)15-7-3-2-6-14(15)16(19)22-11-10-18-8-4-5-9-18/h14-15H,2-13H2,1H3. The van der Waals surface area contributed by atoms with E-state index in [1.165, 1.54) is 12.8 Å². The molecule has 0 N–H and O–H groups in total. The molecular formula is C17H29NO5. The number of likely N-dealkylation sites (tertiary alicyclic amines) is 1. The Morgan fingerprint density at radius 1 is 0.870 bits per heavy atom. The predicted octanol–water partition coefficient (Wildman–Crippen LogP) is 1.62. The highest BCUT2D eigenvalue weighted by molar-refractivity contribution is 5.82. The molecular weight excluding hydrogens is 298 g/mol. The third-order valence-electron chi connectivity index (χ3n) is 4.75. The summed E-state index contributed by atoms with van der Waals surface area (Å²) < 4.78 is 15.5. The molecule has 23 heavy (non-hydrogen) atoms. The molecule has 0 aromatic carbocycles. The van der Waals surface area contributed by atoms with Crippen LogP contribution in [0.15, 0.2) is 0 Å². The van der Waals surface area contributed by atoms with Gasteiger partial charge in [-0.3, -0.25) is 14.5 Å². The average Bonchev–Trinajstić information content (AvgIpc) is 3.08. The van der Waals surface area contributed by atoms with Gasteiger partial charge in [-0.15, -0.1) is 0 Å². The number of nitrogens with zero attached hydrogens (tertiary/aromatic N) is 1. The van der Waals surface area contributed by atoms with Crippen molar-refractivity contribution in [1.82, 2.24) is 4.90 Å². The highest BCUT2D eigenvalue weighted by Gasteiger charge is 2.37. The van der Waals surface area contributed by atoms with E-state index in [4.69, 9.17) is 14.2 Å². The zero-order chi connectivity index (χ0) is 16.5. The zero-order valence-electron chi connectivity index (χ0n) is 14.1. The van der Waals surface area contributed by atoms with Crippen LogP contribution in [-0.2, 0) is 23.8 Å². The summed E-state index contributed by atoms with van der Waals surface area (Å²) in [5.41, 5.74) is 0. The summed E-state index contributed by atoms with van der Waals surface area (Å²) in [4.78, 5) is 26.8. The maximum Gasteiger partial charge on any atom is 0.309 e. The summed E-state index contributed by atoms with van der Waals surface area (Å²) in [6.07, 6.45) is 5.80. The fourth-order valence-electron chi connectivity index (χ4n) is 3.42. The summed E-state index contributed by atoms with van der Waals surface area (Å²) in [5.74, 6) is -1.24. The van der Waals surface area contributed by atoms with Crippen LogP contribution in [0.5, 0.6) is 0 Å². The minimum Gasteiger partial charge on any atom is -0.464 e. The molecule has 2 unspecified atom stereocenters.